The Morgan fingerprint density at radius 1 is 1.43 bits per heavy atom. The summed E-state index contributed by atoms with van der Waals surface area (Å²) in [4.78, 5) is 31.1. The fourth-order valence-electron chi connectivity index (χ4n) is 2.74. The van der Waals surface area contributed by atoms with Crippen LogP contribution in [0.25, 0.3) is 0 Å². The number of nitrogens with zero attached hydrogens (tertiary/aromatic N) is 2. The molecular weight excluding hydrogens is 266 g/mol. The van der Waals surface area contributed by atoms with Crippen LogP contribution in [-0.2, 0) is 16.1 Å². The smallest absolute Gasteiger partial charge is 0.249 e. The van der Waals surface area contributed by atoms with Gasteiger partial charge >= 0.3 is 0 Å². The summed E-state index contributed by atoms with van der Waals surface area (Å²) < 4.78 is 0. The van der Waals surface area contributed by atoms with Crippen molar-refractivity contribution in [2.24, 2.45) is 5.92 Å². The monoisotopic (exact) mass is 289 g/mol. The zero-order valence-electron chi connectivity index (χ0n) is 13.1. The minimum absolute atomic E-state index is 0.0212. The summed E-state index contributed by atoms with van der Waals surface area (Å²) >= 11 is 0. The lowest BCUT2D eigenvalue weighted by molar-refractivity contribution is -0.157. The van der Waals surface area contributed by atoms with Crippen LogP contribution in [0, 0.1) is 5.92 Å². The minimum Gasteiger partial charge on any atom is -0.340 e. The lowest BCUT2D eigenvalue weighted by Crippen LogP contribution is -2.69. The quantitative estimate of drug-likeness (QED) is 0.918. The van der Waals surface area contributed by atoms with Crippen molar-refractivity contribution >= 4 is 11.8 Å². The maximum absolute atomic E-state index is 12.8. The van der Waals surface area contributed by atoms with E-state index in [9.17, 15) is 9.59 Å². The molecule has 1 aromatic heterocycles. The van der Waals surface area contributed by atoms with Crippen molar-refractivity contribution in [3.8, 4) is 0 Å². The van der Waals surface area contributed by atoms with E-state index in [1.54, 1.807) is 24.2 Å². The first kappa shape index (κ1) is 15.5. The van der Waals surface area contributed by atoms with Crippen molar-refractivity contribution in [3.63, 3.8) is 0 Å². The van der Waals surface area contributed by atoms with Gasteiger partial charge in [-0.3, -0.25) is 14.6 Å². The number of amides is 2. The Morgan fingerprint density at radius 3 is 2.67 bits per heavy atom. The van der Waals surface area contributed by atoms with Crippen LogP contribution in [-0.4, -0.2) is 33.3 Å². The van der Waals surface area contributed by atoms with Crippen LogP contribution in [0.3, 0.4) is 0 Å². The summed E-state index contributed by atoms with van der Waals surface area (Å²) in [6.07, 6.45) is 4.01. The van der Waals surface area contributed by atoms with Crippen LogP contribution in [0.1, 0.15) is 39.7 Å². The molecule has 114 valence electrons. The fourth-order valence-corrected chi connectivity index (χ4v) is 2.74. The van der Waals surface area contributed by atoms with Crippen LogP contribution in [0.5, 0.6) is 0 Å². The molecule has 5 nitrogen and oxygen atoms in total. The third kappa shape index (κ3) is 2.91. The predicted octanol–water partition coefficient (Wildman–Crippen LogP) is 1.73. The van der Waals surface area contributed by atoms with Gasteiger partial charge in [0, 0.05) is 18.9 Å². The van der Waals surface area contributed by atoms with E-state index in [-0.39, 0.29) is 17.7 Å². The molecule has 1 aliphatic heterocycles. The highest BCUT2D eigenvalue weighted by Gasteiger charge is 2.47. The molecule has 0 aromatic carbocycles. The number of aromatic nitrogens is 1. The Hall–Kier alpha value is -1.91. The van der Waals surface area contributed by atoms with Crippen LogP contribution in [0.2, 0.25) is 0 Å². The molecule has 21 heavy (non-hydrogen) atoms. The van der Waals surface area contributed by atoms with Gasteiger partial charge in [0.15, 0.2) is 0 Å². The van der Waals surface area contributed by atoms with Crippen LogP contribution in [0.15, 0.2) is 24.5 Å². The first-order chi connectivity index (χ1) is 9.89. The molecule has 2 atom stereocenters. The Balaban J connectivity index is 2.35. The number of pyridine rings is 1. The van der Waals surface area contributed by atoms with Gasteiger partial charge in [0.2, 0.25) is 11.8 Å². The summed E-state index contributed by atoms with van der Waals surface area (Å²) in [6.45, 7) is 8.04. The second-order valence-corrected chi connectivity index (χ2v) is 6.16. The molecule has 1 aromatic rings. The SMILES string of the molecule is CCC1(C)NC(=O)C(C(C)C)N(Cc2cccnc2)C1=O. The Bertz CT molecular complexity index is 530. The first-order valence-corrected chi connectivity index (χ1v) is 7.41. The molecule has 2 unspecified atom stereocenters. The van der Waals surface area contributed by atoms with E-state index in [0.29, 0.717) is 13.0 Å². The summed E-state index contributed by atoms with van der Waals surface area (Å²) in [5, 5.41) is 2.89. The van der Waals surface area contributed by atoms with E-state index < -0.39 is 11.6 Å². The van der Waals surface area contributed by atoms with E-state index in [1.807, 2.05) is 32.9 Å². The third-order valence-corrected chi connectivity index (χ3v) is 4.15. The predicted molar refractivity (Wildman–Crippen MR) is 80.3 cm³/mol. The average molecular weight is 289 g/mol. The molecule has 0 saturated carbocycles. The largest absolute Gasteiger partial charge is 0.340 e. The standard InChI is InChI=1S/C16H23N3O2/c1-5-16(4)15(21)19(10-12-7-6-8-17-9-12)13(11(2)3)14(20)18-16/h6-9,11,13H,5,10H2,1-4H3,(H,18,20). The highest BCUT2D eigenvalue weighted by molar-refractivity contribution is 5.99. The molecule has 0 bridgehead atoms. The summed E-state index contributed by atoms with van der Waals surface area (Å²) in [7, 11) is 0. The van der Waals surface area contributed by atoms with Gasteiger partial charge in [0.25, 0.3) is 0 Å². The Kier molecular flexibility index (Phi) is 4.30. The van der Waals surface area contributed by atoms with E-state index in [4.69, 9.17) is 0 Å². The highest BCUT2D eigenvalue weighted by Crippen LogP contribution is 2.26. The molecule has 2 heterocycles. The van der Waals surface area contributed by atoms with E-state index in [1.165, 1.54) is 0 Å². The number of carbonyl (C=O) groups excluding carboxylic acids is 2. The second kappa shape index (κ2) is 5.84. The van der Waals surface area contributed by atoms with Crippen molar-refractivity contribution in [3.05, 3.63) is 30.1 Å². The maximum atomic E-state index is 12.8. The number of nitrogens with one attached hydrogen (secondary N) is 1. The van der Waals surface area contributed by atoms with Crippen LogP contribution in [0.4, 0.5) is 0 Å². The van der Waals surface area contributed by atoms with E-state index in [2.05, 4.69) is 10.3 Å². The molecule has 0 spiro atoms. The number of piperazine rings is 1. The van der Waals surface area contributed by atoms with Crippen molar-refractivity contribution in [1.82, 2.24) is 15.2 Å². The number of rotatable bonds is 4. The summed E-state index contributed by atoms with van der Waals surface area (Å²) in [5.74, 6) is -0.0305. The molecule has 2 amide bonds. The minimum atomic E-state index is -0.815. The van der Waals surface area contributed by atoms with Gasteiger partial charge in [-0.1, -0.05) is 26.8 Å². The highest BCUT2D eigenvalue weighted by atomic mass is 16.2. The lowest BCUT2D eigenvalue weighted by Gasteiger charge is -2.45. The summed E-state index contributed by atoms with van der Waals surface area (Å²) in [6, 6.07) is 3.33. The van der Waals surface area contributed by atoms with Crippen molar-refractivity contribution in [1.29, 1.82) is 0 Å². The topological polar surface area (TPSA) is 62.3 Å². The molecule has 2 rings (SSSR count). The number of hydrogen-bond acceptors (Lipinski definition) is 3. The van der Waals surface area contributed by atoms with E-state index in [0.717, 1.165) is 5.56 Å². The normalized spacial score (nSPS) is 26.1. The maximum Gasteiger partial charge on any atom is 0.249 e. The Morgan fingerprint density at radius 2 is 2.14 bits per heavy atom. The van der Waals surface area contributed by atoms with Gasteiger partial charge in [0.1, 0.15) is 11.6 Å². The fraction of sp³-hybridized carbons (Fsp3) is 0.562. The van der Waals surface area contributed by atoms with Gasteiger partial charge < -0.3 is 10.2 Å². The Labute approximate surface area is 125 Å². The average Bonchev–Trinajstić information content (AvgIpc) is 2.45. The zero-order valence-corrected chi connectivity index (χ0v) is 13.1. The van der Waals surface area contributed by atoms with E-state index >= 15 is 0 Å². The van der Waals surface area contributed by atoms with Crippen molar-refractivity contribution in [2.75, 3.05) is 0 Å². The molecule has 1 saturated heterocycles. The number of hydrogen-bond donors (Lipinski definition) is 1. The third-order valence-electron chi connectivity index (χ3n) is 4.15. The molecule has 5 heteroatoms. The van der Waals surface area contributed by atoms with Crippen LogP contribution >= 0.6 is 0 Å². The van der Waals surface area contributed by atoms with Gasteiger partial charge in [-0.2, -0.15) is 0 Å². The van der Waals surface area contributed by atoms with Crippen molar-refractivity contribution < 1.29 is 9.59 Å². The molecule has 0 radical (unpaired) electrons. The molecular formula is C16H23N3O2. The summed E-state index contributed by atoms with van der Waals surface area (Å²) in [5.41, 5.74) is 0.120. The van der Waals surface area contributed by atoms with Gasteiger partial charge in [-0.25, -0.2) is 0 Å². The lowest BCUT2D eigenvalue weighted by atomic mass is 9.88. The number of carbonyl (C=O) groups is 2. The second-order valence-electron chi connectivity index (χ2n) is 6.16. The van der Waals surface area contributed by atoms with Gasteiger partial charge in [-0.05, 0) is 30.9 Å². The molecule has 1 fully saturated rings. The van der Waals surface area contributed by atoms with Crippen molar-refractivity contribution in [2.45, 2.75) is 52.2 Å². The van der Waals surface area contributed by atoms with Gasteiger partial charge in [0.05, 0.1) is 0 Å². The molecule has 0 aliphatic carbocycles. The first-order valence-electron chi connectivity index (χ1n) is 7.41. The zero-order chi connectivity index (χ0) is 15.6. The van der Waals surface area contributed by atoms with Crippen LogP contribution < -0.4 is 5.32 Å². The molecule has 1 aliphatic rings. The van der Waals surface area contributed by atoms with Gasteiger partial charge in [-0.15, -0.1) is 0 Å². The molecule has 1 N–H and O–H groups in total.